The first-order chi connectivity index (χ1) is 13.3. The SMILES string of the molecule is Cc1cc2ccccc2nc1N[C@H](c1ccc(C(=O)O)cc1)C1CC(C)(C)C1. The third-order valence-electron chi connectivity index (χ3n) is 5.82. The van der Waals surface area contributed by atoms with Crippen LogP contribution < -0.4 is 5.32 Å². The van der Waals surface area contributed by atoms with Crippen LogP contribution in [0.5, 0.6) is 0 Å². The summed E-state index contributed by atoms with van der Waals surface area (Å²) in [5, 5.41) is 14.0. The first-order valence-corrected chi connectivity index (χ1v) is 9.79. The molecule has 2 N–H and O–H groups in total. The van der Waals surface area contributed by atoms with Crippen LogP contribution in [0.25, 0.3) is 10.9 Å². The Hall–Kier alpha value is -2.88. The lowest BCUT2D eigenvalue weighted by Crippen LogP contribution is -2.38. The molecule has 28 heavy (non-hydrogen) atoms. The van der Waals surface area contributed by atoms with E-state index in [0.29, 0.717) is 16.9 Å². The van der Waals surface area contributed by atoms with Gasteiger partial charge in [-0.2, -0.15) is 0 Å². The number of pyridine rings is 1. The minimum Gasteiger partial charge on any atom is -0.478 e. The van der Waals surface area contributed by atoms with Gasteiger partial charge < -0.3 is 10.4 Å². The highest BCUT2D eigenvalue weighted by Crippen LogP contribution is 2.51. The molecule has 0 spiro atoms. The van der Waals surface area contributed by atoms with Crippen LogP contribution in [0.2, 0.25) is 0 Å². The van der Waals surface area contributed by atoms with Gasteiger partial charge >= 0.3 is 5.97 Å². The lowest BCUT2D eigenvalue weighted by atomic mass is 9.61. The van der Waals surface area contributed by atoms with E-state index in [1.807, 2.05) is 30.3 Å². The first-order valence-electron chi connectivity index (χ1n) is 9.79. The number of nitrogens with zero attached hydrogens (tertiary/aromatic N) is 1. The standard InChI is InChI=1S/C24H26N2O2/c1-15-12-18-6-4-5-7-20(18)25-22(15)26-21(19-13-24(2,3)14-19)16-8-10-17(11-9-16)23(27)28/h4-12,19,21H,13-14H2,1-3H3,(H,25,26)(H,27,28)/t21-/m1/s1. The predicted octanol–water partition coefficient (Wildman–Crippen LogP) is 5.83. The Kier molecular flexibility index (Phi) is 4.58. The molecule has 1 aliphatic rings. The van der Waals surface area contributed by atoms with Gasteiger partial charge in [-0.05, 0) is 66.5 Å². The summed E-state index contributed by atoms with van der Waals surface area (Å²) in [4.78, 5) is 16.1. The van der Waals surface area contributed by atoms with E-state index in [0.717, 1.165) is 40.7 Å². The van der Waals surface area contributed by atoms with Gasteiger partial charge in [0.2, 0.25) is 0 Å². The average molecular weight is 374 g/mol. The van der Waals surface area contributed by atoms with Crippen LogP contribution in [0.3, 0.4) is 0 Å². The molecule has 4 heteroatoms. The van der Waals surface area contributed by atoms with Crippen molar-refractivity contribution < 1.29 is 9.90 Å². The molecule has 1 atom stereocenters. The molecule has 1 saturated carbocycles. The van der Waals surface area contributed by atoms with Gasteiger partial charge in [-0.15, -0.1) is 0 Å². The molecule has 144 valence electrons. The fraction of sp³-hybridized carbons (Fsp3) is 0.333. The first kappa shape index (κ1) is 18.5. The number of benzene rings is 2. The molecule has 0 unspecified atom stereocenters. The van der Waals surface area contributed by atoms with Gasteiger partial charge in [-0.1, -0.05) is 44.2 Å². The van der Waals surface area contributed by atoms with Crippen LogP contribution in [0.15, 0.2) is 54.6 Å². The molecule has 0 amide bonds. The fourth-order valence-electron chi connectivity index (χ4n) is 4.42. The smallest absolute Gasteiger partial charge is 0.335 e. The van der Waals surface area contributed by atoms with Crippen LogP contribution in [0.4, 0.5) is 5.82 Å². The number of anilines is 1. The number of aromatic nitrogens is 1. The highest BCUT2D eigenvalue weighted by molar-refractivity contribution is 5.87. The number of carboxylic acid groups (broad SMARTS) is 1. The maximum Gasteiger partial charge on any atom is 0.335 e. The zero-order valence-corrected chi connectivity index (χ0v) is 16.6. The quantitative estimate of drug-likeness (QED) is 0.590. The van der Waals surface area contributed by atoms with E-state index in [1.165, 1.54) is 0 Å². The molecule has 4 nitrogen and oxygen atoms in total. The third kappa shape index (κ3) is 3.59. The topological polar surface area (TPSA) is 62.2 Å². The summed E-state index contributed by atoms with van der Waals surface area (Å²) in [5.74, 6) is 0.502. The number of para-hydroxylation sites is 1. The summed E-state index contributed by atoms with van der Waals surface area (Å²) < 4.78 is 0. The summed E-state index contributed by atoms with van der Waals surface area (Å²) in [6, 6.07) is 17.7. The molecule has 0 bridgehead atoms. The van der Waals surface area contributed by atoms with Gasteiger partial charge in [0.15, 0.2) is 0 Å². The molecular weight excluding hydrogens is 348 g/mol. The molecule has 0 radical (unpaired) electrons. The normalized spacial score (nSPS) is 17.1. The Morgan fingerprint density at radius 2 is 1.82 bits per heavy atom. The largest absolute Gasteiger partial charge is 0.478 e. The lowest BCUT2D eigenvalue weighted by Gasteiger charge is -2.47. The van der Waals surface area contributed by atoms with E-state index in [-0.39, 0.29) is 6.04 Å². The number of carbonyl (C=O) groups is 1. The second-order valence-corrected chi connectivity index (χ2v) is 8.73. The van der Waals surface area contributed by atoms with E-state index in [2.05, 4.69) is 38.2 Å². The number of carboxylic acids is 1. The maximum atomic E-state index is 11.2. The van der Waals surface area contributed by atoms with Gasteiger partial charge in [0.05, 0.1) is 17.1 Å². The Morgan fingerprint density at radius 3 is 2.46 bits per heavy atom. The summed E-state index contributed by atoms with van der Waals surface area (Å²) >= 11 is 0. The molecule has 1 heterocycles. The fourth-order valence-corrected chi connectivity index (χ4v) is 4.42. The number of hydrogen-bond acceptors (Lipinski definition) is 3. The molecule has 2 aromatic carbocycles. The van der Waals surface area contributed by atoms with Gasteiger partial charge in [-0.25, -0.2) is 9.78 Å². The maximum absolute atomic E-state index is 11.2. The zero-order chi connectivity index (χ0) is 19.9. The average Bonchev–Trinajstić information content (AvgIpc) is 2.64. The van der Waals surface area contributed by atoms with Crippen molar-refractivity contribution in [3.63, 3.8) is 0 Å². The van der Waals surface area contributed by atoms with Gasteiger partial charge in [0.25, 0.3) is 0 Å². The molecule has 3 aromatic rings. The van der Waals surface area contributed by atoms with Crippen molar-refractivity contribution in [2.45, 2.75) is 39.7 Å². The Bertz CT molecular complexity index is 1020. The van der Waals surface area contributed by atoms with Gasteiger partial charge in [0.1, 0.15) is 5.82 Å². The van der Waals surface area contributed by atoms with Crippen molar-refractivity contribution >= 4 is 22.7 Å². The predicted molar refractivity (Wildman–Crippen MR) is 113 cm³/mol. The number of hydrogen-bond donors (Lipinski definition) is 2. The van der Waals surface area contributed by atoms with Crippen LogP contribution in [0, 0.1) is 18.3 Å². The highest BCUT2D eigenvalue weighted by Gasteiger charge is 2.41. The van der Waals surface area contributed by atoms with Crippen molar-refractivity contribution in [1.82, 2.24) is 4.98 Å². The zero-order valence-electron chi connectivity index (χ0n) is 16.6. The number of aryl methyl sites for hydroxylation is 1. The molecule has 4 rings (SSSR count). The molecular formula is C24H26N2O2. The summed E-state index contributed by atoms with van der Waals surface area (Å²) in [6.07, 6.45) is 2.27. The number of fused-ring (bicyclic) bond motifs is 1. The lowest BCUT2D eigenvalue weighted by molar-refractivity contribution is 0.0697. The van der Waals surface area contributed by atoms with Crippen LogP contribution in [-0.2, 0) is 0 Å². The molecule has 1 fully saturated rings. The van der Waals surface area contributed by atoms with E-state index in [9.17, 15) is 9.90 Å². The molecule has 1 aliphatic carbocycles. The second-order valence-electron chi connectivity index (χ2n) is 8.73. The van der Waals surface area contributed by atoms with Crippen LogP contribution in [0.1, 0.15) is 54.2 Å². The molecule has 0 aliphatic heterocycles. The third-order valence-corrected chi connectivity index (χ3v) is 5.82. The Labute approximate surface area is 165 Å². The van der Waals surface area contributed by atoms with Crippen LogP contribution in [-0.4, -0.2) is 16.1 Å². The van der Waals surface area contributed by atoms with E-state index < -0.39 is 5.97 Å². The van der Waals surface area contributed by atoms with Crippen molar-refractivity contribution in [3.8, 4) is 0 Å². The van der Waals surface area contributed by atoms with Crippen LogP contribution >= 0.6 is 0 Å². The Morgan fingerprint density at radius 1 is 1.14 bits per heavy atom. The summed E-state index contributed by atoms with van der Waals surface area (Å²) in [7, 11) is 0. The van der Waals surface area contributed by atoms with Gasteiger partial charge in [0, 0.05) is 5.39 Å². The summed E-state index contributed by atoms with van der Waals surface area (Å²) in [6.45, 7) is 6.68. The number of rotatable bonds is 5. The monoisotopic (exact) mass is 374 g/mol. The minimum absolute atomic E-state index is 0.114. The minimum atomic E-state index is -0.895. The van der Waals surface area contributed by atoms with E-state index in [1.54, 1.807) is 12.1 Å². The second kappa shape index (κ2) is 6.93. The van der Waals surface area contributed by atoms with Crippen molar-refractivity contribution in [3.05, 3.63) is 71.3 Å². The van der Waals surface area contributed by atoms with Crippen molar-refractivity contribution in [2.75, 3.05) is 5.32 Å². The van der Waals surface area contributed by atoms with Gasteiger partial charge in [-0.3, -0.25) is 0 Å². The van der Waals surface area contributed by atoms with E-state index >= 15 is 0 Å². The van der Waals surface area contributed by atoms with Crippen molar-refractivity contribution in [1.29, 1.82) is 0 Å². The molecule has 0 saturated heterocycles. The number of aromatic carboxylic acids is 1. The number of nitrogens with one attached hydrogen (secondary N) is 1. The summed E-state index contributed by atoms with van der Waals surface area (Å²) in [5.41, 5.74) is 3.88. The highest BCUT2D eigenvalue weighted by atomic mass is 16.4. The molecule has 1 aromatic heterocycles. The van der Waals surface area contributed by atoms with Crippen molar-refractivity contribution in [2.24, 2.45) is 11.3 Å². The van der Waals surface area contributed by atoms with E-state index in [4.69, 9.17) is 4.98 Å². The Balaban J connectivity index is 1.68.